The van der Waals surface area contributed by atoms with Crippen molar-refractivity contribution in [3.63, 3.8) is 0 Å². The van der Waals surface area contributed by atoms with Gasteiger partial charge < -0.3 is 0 Å². The van der Waals surface area contributed by atoms with Crippen LogP contribution in [0.1, 0.15) is 54.9 Å². The summed E-state index contributed by atoms with van der Waals surface area (Å²) >= 11 is 0. The largest absolute Gasteiger partial charge is 0.116 e. The van der Waals surface area contributed by atoms with Gasteiger partial charge in [0, 0.05) is 0 Å². The second kappa shape index (κ2) is 8.71. The molecule has 4 aromatic carbocycles. The Morgan fingerprint density at radius 1 is 0.559 bits per heavy atom. The zero-order chi connectivity index (χ0) is 23.1. The van der Waals surface area contributed by atoms with Crippen LogP contribution in [0.25, 0.3) is 22.3 Å². The third kappa shape index (κ3) is 3.41. The van der Waals surface area contributed by atoms with E-state index >= 15 is 0 Å². The fraction of sp³-hybridized carbons (Fsp3) is 0.273. The first kappa shape index (κ1) is 21.6. The van der Waals surface area contributed by atoms with Gasteiger partial charge in [0.25, 0.3) is 0 Å². The van der Waals surface area contributed by atoms with E-state index in [1.807, 2.05) is 0 Å². The molecule has 1 heteroatoms. The minimum absolute atomic E-state index is 1.09. The van der Waals surface area contributed by atoms with E-state index in [0.717, 1.165) is 12.8 Å². The van der Waals surface area contributed by atoms with Gasteiger partial charge >= 0.3 is 0 Å². The van der Waals surface area contributed by atoms with Crippen molar-refractivity contribution in [1.82, 2.24) is 0 Å². The lowest BCUT2D eigenvalue weighted by atomic mass is 10.1. The van der Waals surface area contributed by atoms with Gasteiger partial charge in [0.2, 0.25) is 0 Å². The first-order valence-electron chi connectivity index (χ1n) is 13.1. The molecule has 0 bridgehead atoms. The molecule has 2 aliphatic rings. The minimum atomic E-state index is -1.94. The molecule has 0 unspecified atom stereocenters. The molecule has 0 spiro atoms. The maximum Gasteiger partial charge on any atom is 0.116 e. The molecular formula is C33H34Si. The van der Waals surface area contributed by atoms with E-state index in [-0.39, 0.29) is 0 Å². The topological polar surface area (TPSA) is 0 Å². The molecule has 0 fully saturated rings. The van der Waals surface area contributed by atoms with Crippen molar-refractivity contribution < 1.29 is 0 Å². The molecule has 4 aromatic rings. The van der Waals surface area contributed by atoms with Gasteiger partial charge in [0.05, 0.1) is 0 Å². The van der Waals surface area contributed by atoms with Crippen molar-refractivity contribution in [2.24, 2.45) is 0 Å². The van der Waals surface area contributed by atoms with Gasteiger partial charge in [0.15, 0.2) is 0 Å². The van der Waals surface area contributed by atoms with Crippen LogP contribution < -0.4 is 10.4 Å². The van der Waals surface area contributed by atoms with Crippen LogP contribution in [0.5, 0.6) is 0 Å². The first-order valence-corrected chi connectivity index (χ1v) is 15.8. The summed E-state index contributed by atoms with van der Waals surface area (Å²) in [6.45, 7) is 5.00. The number of benzene rings is 4. The standard InChI is InChI=1S/C33H34Si/c1-3-4-5-10-21-34(2,32-19-11-17-28-26-15-8-6-13-24(26)22-30(28)32)33-20-12-18-29-27-16-9-7-14-25(27)23-31(29)33/h6-9,11-20H,3-5,10,21-23H2,1-2H3. The Labute approximate surface area is 205 Å². The SMILES string of the molecule is CCCCCC[Si](C)(c1cccc2c1Cc1ccccc1-2)c1cccc2c1Cc1ccccc1-2. The number of rotatable bonds is 7. The average molecular weight is 459 g/mol. The first-order chi connectivity index (χ1) is 16.7. The van der Waals surface area contributed by atoms with Crippen molar-refractivity contribution in [3.05, 3.63) is 107 Å². The lowest BCUT2D eigenvalue weighted by Crippen LogP contribution is -2.58. The molecule has 6 rings (SSSR count). The van der Waals surface area contributed by atoms with Gasteiger partial charge in [-0.25, -0.2) is 0 Å². The Bertz CT molecular complexity index is 1270. The number of hydrogen-bond acceptors (Lipinski definition) is 0. The van der Waals surface area contributed by atoms with Crippen molar-refractivity contribution in [1.29, 1.82) is 0 Å². The van der Waals surface area contributed by atoms with E-state index in [0.29, 0.717) is 0 Å². The molecular weight excluding hydrogens is 424 g/mol. The summed E-state index contributed by atoms with van der Waals surface area (Å²) < 4.78 is 0. The maximum absolute atomic E-state index is 2.68. The molecule has 34 heavy (non-hydrogen) atoms. The van der Waals surface area contributed by atoms with Crippen molar-refractivity contribution in [2.75, 3.05) is 0 Å². The normalized spacial score (nSPS) is 13.4. The third-order valence-electron chi connectivity index (χ3n) is 8.42. The van der Waals surface area contributed by atoms with Crippen LogP contribution in [-0.2, 0) is 12.8 Å². The van der Waals surface area contributed by atoms with Crippen molar-refractivity contribution in [3.8, 4) is 22.3 Å². The molecule has 0 saturated heterocycles. The van der Waals surface area contributed by atoms with Crippen LogP contribution in [-0.4, -0.2) is 8.07 Å². The van der Waals surface area contributed by atoms with E-state index in [4.69, 9.17) is 0 Å². The van der Waals surface area contributed by atoms with Gasteiger partial charge in [0.1, 0.15) is 8.07 Å². The molecule has 0 atom stereocenters. The van der Waals surface area contributed by atoms with Crippen LogP contribution in [0.15, 0.2) is 84.9 Å². The third-order valence-corrected chi connectivity index (χ3v) is 13.1. The maximum atomic E-state index is 2.68. The van der Waals surface area contributed by atoms with E-state index in [2.05, 4.69) is 98.4 Å². The van der Waals surface area contributed by atoms with Gasteiger partial charge in [-0.2, -0.15) is 0 Å². The lowest BCUT2D eigenvalue weighted by Gasteiger charge is -2.33. The molecule has 170 valence electrons. The zero-order valence-electron chi connectivity index (χ0n) is 20.5. The summed E-state index contributed by atoms with van der Waals surface area (Å²) in [5, 5.41) is 3.36. The second-order valence-electron chi connectivity index (χ2n) is 10.5. The average Bonchev–Trinajstić information content (AvgIpc) is 3.45. The summed E-state index contributed by atoms with van der Waals surface area (Å²) in [6, 6.07) is 33.8. The van der Waals surface area contributed by atoms with Crippen LogP contribution in [0.4, 0.5) is 0 Å². The summed E-state index contributed by atoms with van der Waals surface area (Å²) in [6.07, 6.45) is 7.52. The quantitative estimate of drug-likeness (QED) is 0.171. The monoisotopic (exact) mass is 458 g/mol. The van der Waals surface area contributed by atoms with Gasteiger partial charge in [-0.15, -0.1) is 0 Å². The molecule has 0 N–H and O–H groups in total. The van der Waals surface area contributed by atoms with E-state index < -0.39 is 8.07 Å². The van der Waals surface area contributed by atoms with E-state index in [1.165, 1.54) is 65.1 Å². The molecule has 0 amide bonds. The van der Waals surface area contributed by atoms with Gasteiger partial charge in [-0.05, 0) is 63.4 Å². The molecule has 2 aliphatic carbocycles. The molecule has 0 radical (unpaired) electrons. The Morgan fingerprint density at radius 2 is 1.06 bits per heavy atom. The Balaban J connectivity index is 1.50. The summed E-state index contributed by atoms with van der Waals surface area (Å²) in [5.74, 6) is 0. The van der Waals surface area contributed by atoms with Crippen molar-refractivity contribution in [2.45, 2.75) is 58.0 Å². The van der Waals surface area contributed by atoms with Crippen LogP contribution in [0.3, 0.4) is 0 Å². The molecule has 0 heterocycles. The Kier molecular flexibility index (Phi) is 5.54. The van der Waals surface area contributed by atoms with Crippen LogP contribution in [0, 0.1) is 0 Å². The number of fused-ring (bicyclic) bond motifs is 6. The summed E-state index contributed by atoms with van der Waals surface area (Å²) in [5.41, 5.74) is 12.1. The smallest absolute Gasteiger partial charge is 0.0654 e. The summed E-state index contributed by atoms with van der Waals surface area (Å²) in [7, 11) is -1.94. The van der Waals surface area contributed by atoms with E-state index in [1.54, 1.807) is 21.5 Å². The summed E-state index contributed by atoms with van der Waals surface area (Å²) in [4.78, 5) is 0. The number of unbranched alkanes of at least 4 members (excludes halogenated alkanes) is 3. The Morgan fingerprint density at radius 3 is 1.59 bits per heavy atom. The molecule has 0 saturated carbocycles. The van der Waals surface area contributed by atoms with Crippen LogP contribution >= 0.6 is 0 Å². The highest BCUT2D eigenvalue weighted by molar-refractivity contribution is 7.02. The lowest BCUT2D eigenvalue weighted by molar-refractivity contribution is 0.698. The highest BCUT2D eigenvalue weighted by atomic mass is 28.3. The van der Waals surface area contributed by atoms with Crippen molar-refractivity contribution >= 4 is 18.4 Å². The second-order valence-corrected chi connectivity index (χ2v) is 14.7. The fourth-order valence-electron chi connectivity index (χ4n) is 6.67. The highest BCUT2D eigenvalue weighted by Gasteiger charge is 2.38. The van der Waals surface area contributed by atoms with Gasteiger partial charge in [-0.1, -0.05) is 134 Å². The molecule has 0 aromatic heterocycles. The molecule has 0 nitrogen and oxygen atoms in total. The van der Waals surface area contributed by atoms with E-state index in [9.17, 15) is 0 Å². The minimum Gasteiger partial charge on any atom is -0.0654 e. The fourth-order valence-corrected chi connectivity index (χ4v) is 11.2. The zero-order valence-corrected chi connectivity index (χ0v) is 21.5. The van der Waals surface area contributed by atoms with Gasteiger partial charge in [-0.3, -0.25) is 0 Å². The van der Waals surface area contributed by atoms with Crippen LogP contribution in [0.2, 0.25) is 12.6 Å². The Hall–Kier alpha value is -2.90. The highest BCUT2D eigenvalue weighted by Crippen LogP contribution is 2.39. The molecule has 0 aliphatic heterocycles. The number of hydrogen-bond donors (Lipinski definition) is 0. The predicted octanol–water partition coefficient (Wildman–Crippen LogP) is 7.60. The predicted molar refractivity (Wildman–Crippen MR) is 149 cm³/mol.